The summed E-state index contributed by atoms with van der Waals surface area (Å²) in [6, 6.07) is 9.46. The van der Waals surface area contributed by atoms with Crippen LogP contribution in [0.25, 0.3) is 0 Å². The van der Waals surface area contributed by atoms with Crippen molar-refractivity contribution < 1.29 is 0 Å². The lowest BCUT2D eigenvalue weighted by atomic mass is 9.88. The molecule has 0 radical (unpaired) electrons. The highest BCUT2D eigenvalue weighted by atomic mass is 35.5. The van der Waals surface area contributed by atoms with Gasteiger partial charge in [0.05, 0.1) is 0 Å². The molecule has 0 aromatic heterocycles. The first-order valence-corrected chi connectivity index (χ1v) is 8.35. The van der Waals surface area contributed by atoms with E-state index in [2.05, 4.69) is 29.3 Å². The largest absolute Gasteiger partial charge is 0.314 e. The average molecular weight is 293 g/mol. The molecule has 3 heteroatoms. The molecule has 1 aromatic carbocycles. The molecule has 2 fully saturated rings. The minimum Gasteiger partial charge on any atom is -0.314 e. The van der Waals surface area contributed by atoms with Crippen molar-refractivity contribution in [1.82, 2.24) is 10.2 Å². The summed E-state index contributed by atoms with van der Waals surface area (Å²) in [6.07, 6.45) is 5.40. The van der Waals surface area contributed by atoms with E-state index in [1.165, 1.54) is 50.9 Å². The highest BCUT2D eigenvalue weighted by molar-refractivity contribution is 6.31. The summed E-state index contributed by atoms with van der Waals surface area (Å²) in [5.74, 6) is 0.816. The van der Waals surface area contributed by atoms with Crippen LogP contribution in [0.3, 0.4) is 0 Å². The lowest BCUT2D eigenvalue weighted by molar-refractivity contribution is 0.115. The molecule has 2 saturated heterocycles. The second kappa shape index (κ2) is 6.46. The van der Waals surface area contributed by atoms with Gasteiger partial charge in [-0.2, -0.15) is 0 Å². The minimum atomic E-state index is 0.424. The van der Waals surface area contributed by atoms with Gasteiger partial charge in [0.15, 0.2) is 0 Å². The van der Waals surface area contributed by atoms with Gasteiger partial charge in [0.1, 0.15) is 0 Å². The maximum Gasteiger partial charge on any atom is 0.0453 e. The Balaban J connectivity index is 1.68. The van der Waals surface area contributed by atoms with Crippen LogP contribution in [0.15, 0.2) is 24.3 Å². The van der Waals surface area contributed by atoms with Gasteiger partial charge in [-0.15, -0.1) is 0 Å². The summed E-state index contributed by atoms with van der Waals surface area (Å²) < 4.78 is 0. The average Bonchev–Trinajstić information content (AvgIpc) is 3.01. The summed E-state index contributed by atoms with van der Waals surface area (Å²) in [7, 11) is 0. The quantitative estimate of drug-likeness (QED) is 0.910. The number of likely N-dealkylation sites (tertiary alicyclic amines) is 1. The van der Waals surface area contributed by atoms with Gasteiger partial charge in [0.25, 0.3) is 0 Å². The fraction of sp³-hybridized carbons (Fsp3) is 0.647. The number of piperidine rings is 1. The highest BCUT2D eigenvalue weighted by Crippen LogP contribution is 2.32. The molecule has 3 atom stereocenters. The first kappa shape index (κ1) is 14.4. The highest BCUT2D eigenvalue weighted by Gasteiger charge is 2.31. The van der Waals surface area contributed by atoms with Gasteiger partial charge in [-0.05, 0) is 63.2 Å². The molecule has 0 spiro atoms. The Labute approximate surface area is 127 Å². The third kappa shape index (κ3) is 3.03. The number of hydrogen-bond donors (Lipinski definition) is 1. The predicted molar refractivity (Wildman–Crippen MR) is 85.2 cm³/mol. The van der Waals surface area contributed by atoms with E-state index in [-0.39, 0.29) is 0 Å². The third-order valence-electron chi connectivity index (χ3n) is 5.06. The van der Waals surface area contributed by atoms with Crippen molar-refractivity contribution in [2.75, 3.05) is 19.6 Å². The summed E-state index contributed by atoms with van der Waals surface area (Å²) >= 11 is 6.36. The smallest absolute Gasteiger partial charge is 0.0453 e. The molecule has 1 N–H and O–H groups in total. The van der Waals surface area contributed by atoms with Crippen LogP contribution in [0.2, 0.25) is 5.02 Å². The molecule has 110 valence electrons. The molecular weight excluding hydrogens is 268 g/mol. The maximum absolute atomic E-state index is 6.36. The Bertz CT molecular complexity index is 442. The molecule has 20 heavy (non-hydrogen) atoms. The van der Waals surface area contributed by atoms with Crippen LogP contribution in [-0.4, -0.2) is 30.6 Å². The van der Waals surface area contributed by atoms with Crippen molar-refractivity contribution in [3.63, 3.8) is 0 Å². The van der Waals surface area contributed by atoms with E-state index < -0.39 is 0 Å². The molecule has 0 bridgehead atoms. The van der Waals surface area contributed by atoms with Gasteiger partial charge in [-0.1, -0.05) is 29.8 Å². The molecule has 0 saturated carbocycles. The number of nitrogens with zero attached hydrogens (tertiary/aromatic N) is 1. The minimum absolute atomic E-state index is 0.424. The van der Waals surface area contributed by atoms with Crippen molar-refractivity contribution in [2.24, 2.45) is 5.92 Å². The van der Waals surface area contributed by atoms with Crippen molar-refractivity contribution in [2.45, 2.75) is 44.7 Å². The molecule has 2 aliphatic rings. The van der Waals surface area contributed by atoms with Crippen molar-refractivity contribution >= 4 is 11.6 Å². The fourth-order valence-corrected chi connectivity index (χ4v) is 4.14. The van der Waals surface area contributed by atoms with Gasteiger partial charge >= 0.3 is 0 Å². The molecule has 2 nitrogen and oxygen atoms in total. The van der Waals surface area contributed by atoms with Crippen LogP contribution in [-0.2, 0) is 0 Å². The zero-order valence-corrected chi connectivity index (χ0v) is 13.1. The zero-order valence-electron chi connectivity index (χ0n) is 12.3. The molecule has 2 heterocycles. The first-order valence-electron chi connectivity index (χ1n) is 7.97. The molecular formula is C17H25ClN2. The van der Waals surface area contributed by atoms with E-state index in [0.29, 0.717) is 6.04 Å². The van der Waals surface area contributed by atoms with E-state index >= 15 is 0 Å². The zero-order chi connectivity index (χ0) is 13.9. The number of benzene rings is 1. The van der Waals surface area contributed by atoms with Gasteiger partial charge in [0, 0.05) is 23.7 Å². The van der Waals surface area contributed by atoms with E-state index in [4.69, 9.17) is 11.6 Å². The molecule has 3 unspecified atom stereocenters. The topological polar surface area (TPSA) is 15.3 Å². The van der Waals surface area contributed by atoms with Gasteiger partial charge in [-0.3, -0.25) is 4.90 Å². The third-order valence-corrected chi connectivity index (χ3v) is 5.40. The SMILES string of the molecule is CC(c1ccccc1Cl)N1CCCC(C2CCCN2)C1. The summed E-state index contributed by atoms with van der Waals surface area (Å²) in [6.45, 7) is 5.92. The van der Waals surface area contributed by atoms with Crippen LogP contribution in [0, 0.1) is 5.92 Å². The number of rotatable bonds is 3. The molecule has 1 aromatic rings. The first-order chi connectivity index (χ1) is 9.75. The Morgan fingerprint density at radius 1 is 1.25 bits per heavy atom. The Morgan fingerprint density at radius 3 is 2.85 bits per heavy atom. The molecule has 3 rings (SSSR count). The Hall–Kier alpha value is -0.570. The summed E-state index contributed by atoms with van der Waals surface area (Å²) in [5.41, 5.74) is 1.27. The van der Waals surface area contributed by atoms with Gasteiger partial charge in [0.2, 0.25) is 0 Å². The van der Waals surface area contributed by atoms with Crippen molar-refractivity contribution in [3.05, 3.63) is 34.9 Å². The molecule has 2 aliphatic heterocycles. The predicted octanol–water partition coefficient (Wildman–Crippen LogP) is 3.87. The van der Waals surface area contributed by atoms with Crippen molar-refractivity contribution in [1.29, 1.82) is 0 Å². The van der Waals surface area contributed by atoms with E-state index in [9.17, 15) is 0 Å². The lowest BCUT2D eigenvalue weighted by Crippen LogP contribution is -2.44. The standard InChI is InChI=1S/C17H25ClN2/c1-13(15-7-2-3-8-16(15)18)20-11-5-6-14(12-20)17-9-4-10-19-17/h2-3,7-8,13-14,17,19H,4-6,9-12H2,1H3. The van der Waals surface area contributed by atoms with Gasteiger partial charge in [-0.25, -0.2) is 0 Å². The Kier molecular flexibility index (Phi) is 4.65. The number of halogens is 1. The maximum atomic E-state index is 6.36. The van der Waals surface area contributed by atoms with Gasteiger partial charge < -0.3 is 5.32 Å². The van der Waals surface area contributed by atoms with Crippen LogP contribution < -0.4 is 5.32 Å². The second-order valence-electron chi connectivity index (χ2n) is 6.30. The fourth-order valence-electron chi connectivity index (χ4n) is 3.85. The van der Waals surface area contributed by atoms with Crippen LogP contribution in [0.4, 0.5) is 0 Å². The normalized spacial score (nSPS) is 29.5. The number of hydrogen-bond acceptors (Lipinski definition) is 2. The number of nitrogens with one attached hydrogen (secondary N) is 1. The van der Waals surface area contributed by atoms with Crippen molar-refractivity contribution in [3.8, 4) is 0 Å². The monoisotopic (exact) mass is 292 g/mol. The van der Waals surface area contributed by atoms with Crippen LogP contribution in [0.5, 0.6) is 0 Å². The van der Waals surface area contributed by atoms with E-state index in [0.717, 1.165) is 17.0 Å². The molecule has 0 aliphatic carbocycles. The van der Waals surface area contributed by atoms with Crippen LogP contribution >= 0.6 is 11.6 Å². The Morgan fingerprint density at radius 2 is 2.10 bits per heavy atom. The second-order valence-corrected chi connectivity index (χ2v) is 6.70. The van der Waals surface area contributed by atoms with E-state index in [1.54, 1.807) is 0 Å². The van der Waals surface area contributed by atoms with Crippen LogP contribution in [0.1, 0.15) is 44.2 Å². The summed E-state index contributed by atoms with van der Waals surface area (Å²) in [5, 5.41) is 4.59. The summed E-state index contributed by atoms with van der Waals surface area (Å²) in [4.78, 5) is 2.62. The van der Waals surface area contributed by atoms with E-state index in [1.807, 2.05) is 12.1 Å². The molecule has 0 amide bonds. The lowest BCUT2D eigenvalue weighted by Gasteiger charge is -2.39.